The van der Waals surface area contributed by atoms with E-state index in [2.05, 4.69) is 9.98 Å². The van der Waals surface area contributed by atoms with Crippen LogP contribution in [0.2, 0.25) is 0 Å². The minimum Gasteiger partial charge on any atom is -0.272 e. The summed E-state index contributed by atoms with van der Waals surface area (Å²) in [5.41, 5.74) is -1.08. The summed E-state index contributed by atoms with van der Waals surface area (Å²) >= 11 is 0. The van der Waals surface area contributed by atoms with Gasteiger partial charge in [0.25, 0.3) is 5.91 Å². The van der Waals surface area contributed by atoms with Gasteiger partial charge in [0, 0.05) is 0 Å². The van der Waals surface area contributed by atoms with Crippen molar-refractivity contribution < 1.29 is 18.0 Å². The fourth-order valence-corrected chi connectivity index (χ4v) is 0.807. The number of rotatable bonds is 0. The first-order chi connectivity index (χ1) is 5.43. The van der Waals surface area contributed by atoms with Crippen LogP contribution < -0.4 is 0 Å². The summed E-state index contributed by atoms with van der Waals surface area (Å²) in [4.78, 5) is 16.8. The van der Waals surface area contributed by atoms with Crippen LogP contribution in [-0.2, 0) is 4.79 Å². The number of amides is 1. The van der Waals surface area contributed by atoms with E-state index in [-0.39, 0.29) is 0 Å². The maximum atomic E-state index is 12.0. The van der Waals surface area contributed by atoms with Crippen LogP contribution in [-0.4, -0.2) is 24.1 Å². The Bertz CT molecular complexity index is 266. The third-order valence-corrected chi connectivity index (χ3v) is 1.45. The van der Waals surface area contributed by atoms with E-state index in [1.54, 1.807) is 0 Å². The molecule has 0 spiro atoms. The minimum atomic E-state index is -4.54. The number of alkyl halides is 3. The average Bonchev–Trinajstić information content (AvgIpc) is 1.92. The Hall–Kier alpha value is -1.20. The highest BCUT2D eigenvalue weighted by molar-refractivity contribution is 6.13. The van der Waals surface area contributed by atoms with Crippen LogP contribution in [0.4, 0.5) is 13.2 Å². The Morgan fingerprint density at radius 3 is 2.50 bits per heavy atom. The van der Waals surface area contributed by atoms with E-state index in [1.807, 2.05) is 0 Å². The summed E-state index contributed by atoms with van der Waals surface area (Å²) < 4.78 is 36.1. The number of hydrogen-bond acceptors (Lipinski definition) is 2. The van der Waals surface area contributed by atoms with Gasteiger partial charge in [0.15, 0.2) is 0 Å². The monoisotopic (exact) mass is 178 g/mol. The topological polar surface area (TPSA) is 41.8 Å². The number of carbonyl (C=O) groups excluding carboxylic acids is 1. The summed E-state index contributed by atoms with van der Waals surface area (Å²) in [7, 11) is 0. The number of aliphatic imine (C=N–C) groups is 2. The first kappa shape index (κ1) is 8.89. The van der Waals surface area contributed by atoms with Gasteiger partial charge in [-0.15, -0.1) is 0 Å². The standard InChI is InChI=1S/C6H5F3N2O/c1-3-4(6(7,8)9)10-2-11-5(3)12/h2-3H,1H3. The quantitative estimate of drug-likeness (QED) is 0.549. The van der Waals surface area contributed by atoms with Gasteiger partial charge in [-0.05, 0) is 6.92 Å². The molecule has 0 aliphatic carbocycles. The molecule has 66 valence electrons. The first-order valence-corrected chi connectivity index (χ1v) is 3.14. The molecular formula is C6H5F3N2O. The molecular weight excluding hydrogens is 173 g/mol. The Morgan fingerprint density at radius 1 is 1.50 bits per heavy atom. The molecule has 6 heteroatoms. The van der Waals surface area contributed by atoms with Crippen molar-refractivity contribution in [1.29, 1.82) is 0 Å². The summed E-state index contributed by atoms with van der Waals surface area (Å²) in [5.74, 6) is -2.09. The average molecular weight is 178 g/mol. The summed E-state index contributed by atoms with van der Waals surface area (Å²) in [6, 6.07) is 0. The minimum absolute atomic E-state index is 0.630. The Labute approximate surface area is 66.0 Å². The van der Waals surface area contributed by atoms with Gasteiger partial charge in [-0.2, -0.15) is 13.2 Å². The molecule has 0 aromatic carbocycles. The molecule has 1 rings (SSSR count). The van der Waals surface area contributed by atoms with Crippen molar-refractivity contribution in [2.75, 3.05) is 0 Å². The smallest absolute Gasteiger partial charge is 0.272 e. The second-order valence-corrected chi connectivity index (χ2v) is 2.32. The van der Waals surface area contributed by atoms with Gasteiger partial charge in [-0.3, -0.25) is 4.79 Å². The zero-order chi connectivity index (χ0) is 9.35. The fraction of sp³-hybridized carbons (Fsp3) is 0.500. The molecule has 1 aliphatic heterocycles. The van der Waals surface area contributed by atoms with Crippen LogP contribution in [0.1, 0.15) is 6.92 Å². The normalized spacial score (nSPS) is 24.2. The van der Waals surface area contributed by atoms with Crippen molar-refractivity contribution in [3.63, 3.8) is 0 Å². The van der Waals surface area contributed by atoms with Crippen LogP contribution in [0.5, 0.6) is 0 Å². The predicted octanol–water partition coefficient (Wildman–Crippen LogP) is 1.19. The van der Waals surface area contributed by atoms with E-state index in [0.29, 0.717) is 6.34 Å². The van der Waals surface area contributed by atoms with E-state index >= 15 is 0 Å². The molecule has 0 fully saturated rings. The molecule has 0 radical (unpaired) electrons. The lowest BCUT2D eigenvalue weighted by Crippen LogP contribution is -2.35. The Kier molecular flexibility index (Phi) is 1.99. The predicted molar refractivity (Wildman–Crippen MR) is 36.2 cm³/mol. The molecule has 0 bridgehead atoms. The van der Waals surface area contributed by atoms with Crippen molar-refractivity contribution in [3.05, 3.63) is 0 Å². The van der Waals surface area contributed by atoms with E-state index < -0.39 is 23.7 Å². The molecule has 1 heterocycles. The van der Waals surface area contributed by atoms with Crippen LogP contribution in [0.25, 0.3) is 0 Å². The summed E-state index contributed by atoms with van der Waals surface area (Å²) in [5, 5.41) is 0. The van der Waals surface area contributed by atoms with Gasteiger partial charge in [0.2, 0.25) is 0 Å². The van der Waals surface area contributed by atoms with Gasteiger partial charge in [0.05, 0.1) is 5.92 Å². The van der Waals surface area contributed by atoms with Gasteiger partial charge < -0.3 is 0 Å². The largest absolute Gasteiger partial charge is 0.430 e. The maximum absolute atomic E-state index is 12.0. The van der Waals surface area contributed by atoms with E-state index in [0.717, 1.165) is 6.92 Å². The Balaban J connectivity index is 2.98. The maximum Gasteiger partial charge on any atom is 0.430 e. The van der Waals surface area contributed by atoms with Crippen LogP contribution in [0, 0.1) is 5.92 Å². The number of hydrogen-bond donors (Lipinski definition) is 0. The molecule has 0 aromatic heterocycles. The lowest BCUT2D eigenvalue weighted by Gasteiger charge is -2.15. The zero-order valence-corrected chi connectivity index (χ0v) is 6.09. The van der Waals surface area contributed by atoms with Crippen LogP contribution >= 0.6 is 0 Å². The summed E-state index contributed by atoms with van der Waals surface area (Å²) in [6.07, 6.45) is -3.91. The Morgan fingerprint density at radius 2 is 2.08 bits per heavy atom. The molecule has 0 saturated carbocycles. The van der Waals surface area contributed by atoms with Gasteiger partial charge in [-0.25, -0.2) is 9.98 Å². The first-order valence-electron chi connectivity index (χ1n) is 3.14. The van der Waals surface area contributed by atoms with Crippen LogP contribution in [0.3, 0.4) is 0 Å². The SMILES string of the molecule is CC1C(=O)N=CN=C1C(F)(F)F. The molecule has 1 unspecified atom stereocenters. The molecule has 0 N–H and O–H groups in total. The van der Waals surface area contributed by atoms with Crippen molar-refractivity contribution in [3.8, 4) is 0 Å². The van der Waals surface area contributed by atoms with Crippen LogP contribution in [0.15, 0.2) is 9.98 Å². The van der Waals surface area contributed by atoms with Crippen molar-refractivity contribution in [2.24, 2.45) is 15.9 Å². The van der Waals surface area contributed by atoms with E-state index in [9.17, 15) is 18.0 Å². The van der Waals surface area contributed by atoms with Gasteiger partial charge >= 0.3 is 6.18 Å². The highest BCUT2D eigenvalue weighted by Crippen LogP contribution is 2.24. The second kappa shape index (κ2) is 2.69. The van der Waals surface area contributed by atoms with E-state index in [4.69, 9.17) is 0 Å². The third kappa shape index (κ3) is 1.51. The molecule has 0 aromatic rings. The second-order valence-electron chi connectivity index (χ2n) is 2.32. The third-order valence-electron chi connectivity index (χ3n) is 1.45. The molecule has 1 amide bonds. The van der Waals surface area contributed by atoms with E-state index in [1.165, 1.54) is 0 Å². The van der Waals surface area contributed by atoms with Gasteiger partial charge in [0.1, 0.15) is 12.1 Å². The lowest BCUT2D eigenvalue weighted by atomic mass is 10.0. The molecule has 3 nitrogen and oxygen atoms in total. The highest BCUT2D eigenvalue weighted by atomic mass is 19.4. The molecule has 1 atom stereocenters. The highest BCUT2D eigenvalue weighted by Gasteiger charge is 2.42. The van der Waals surface area contributed by atoms with Crippen molar-refractivity contribution in [2.45, 2.75) is 13.1 Å². The summed E-state index contributed by atoms with van der Waals surface area (Å²) in [6.45, 7) is 1.13. The fourth-order valence-electron chi connectivity index (χ4n) is 0.807. The molecule has 1 aliphatic rings. The lowest BCUT2D eigenvalue weighted by molar-refractivity contribution is -0.121. The van der Waals surface area contributed by atoms with Crippen molar-refractivity contribution in [1.82, 2.24) is 0 Å². The number of nitrogens with zero attached hydrogens (tertiary/aromatic N) is 2. The zero-order valence-electron chi connectivity index (χ0n) is 6.09. The van der Waals surface area contributed by atoms with Gasteiger partial charge in [-0.1, -0.05) is 0 Å². The number of carbonyl (C=O) groups is 1. The van der Waals surface area contributed by atoms with Crippen molar-refractivity contribution >= 4 is 18.0 Å². The molecule has 0 saturated heterocycles. The number of halogens is 3. The molecule has 12 heavy (non-hydrogen) atoms.